The summed E-state index contributed by atoms with van der Waals surface area (Å²) in [6, 6.07) is 7.85. The molecular formula is C15H15NO3S. The zero-order valence-electron chi connectivity index (χ0n) is 11.1. The second-order valence-electron chi connectivity index (χ2n) is 4.83. The van der Waals surface area contributed by atoms with Crippen LogP contribution in [-0.4, -0.2) is 23.2 Å². The second-order valence-corrected chi connectivity index (χ2v) is 6.00. The molecule has 0 saturated heterocycles. The van der Waals surface area contributed by atoms with Crippen molar-refractivity contribution in [3.8, 4) is 5.75 Å². The number of aromatic nitrogens is 1. The first-order chi connectivity index (χ1) is 9.69. The Morgan fingerprint density at radius 3 is 3.05 bits per heavy atom. The smallest absolute Gasteiger partial charge is 0.312 e. The van der Waals surface area contributed by atoms with Crippen molar-refractivity contribution in [1.29, 1.82) is 0 Å². The van der Waals surface area contributed by atoms with Gasteiger partial charge in [0, 0.05) is 16.9 Å². The molecule has 20 heavy (non-hydrogen) atoms. The summed E-state index contributed by atoms with van der Waals surface area (Å²) in [6.07, 6.45) is 2.20. The fraction of sp³-hybridized carbons (Fsp3) is 0.333. The number of ether oxygens (including phenoxy) is 1. The molecule has 0 saturated carbocycles. The molecule has 2 aromatic rings. The number of hydrogen-bond donors (Lipinski definition) is 1. The highest BCUT2D eigenvalue weighted by molar-refractivity contribution is 7.11. The Kier molecular flexibility index (Phi) is 3.44. The molecule has 1 heterocycles. The Morgan fingerprint density at radius 2 is 2.30 bits per heavy atom. The number of nitrogens with zero attached hydrogens (tertiary/aromatic N) is 1. The standard InChI is InChI=1S/C15H15NO3S/c1-19-11-5-3-2-4-9(11)8-13-16-14-10(15(17)18)6-7-12(14)20-13/h2-5,10H,6-8H2,1H3,(H,17,18). The van der Waals surface area contributed by atoms with Gasteiger partial charge < -0.3 is 9.84 Å². The first-order valence-electron chi connectivity index (χ1n) is 6.52. The first kappa shape index (κ1) is 13.1. The van der Waals surface area contributed by atoms with Gasteiger partial charge in [-0.2, -0.15) is 0 Å². The number of aryl methyl sites for hydroxylation is 1. The van der Waals surface area contributed by atoms with Crippen LogP contribution in [0.3, 0.4) is 0 Å². The summed E-state index contributed by atoms with van der Waals surface area (Å²) in [5.41, 5.74) is 1.85. The van der Waals surface area contributed by atoms with E-state index in [1.807, 2.05) is 24.3 Å². The number of fused-ring (bicyclic) bond motifs is 1. The van der Waals surface area contributed by atoms with Crippen molar-refractivity contribution in [3.63, 3.8) is 0 Å². The van der Waals surface area contributed by atoms with Gasteiger partial charge in [-0.25, -0.2) is 4.98 Å². The van der Waals surface area contributed by atoms with Crippen molar-refractivity contribution in [2.75, 3.05) is 7.11 Å². The molecule has 3 rings (SSSR count). The van der Waals surface area contributed by atoms with Crippen LogP contribution in [0.25, 0.3) is 0 Å². The van der Waals surface area contributed by atoms with Crippen LogP contribution >= 0.6 is 11.3 Å². The van der Waals surface area contributed by atoms with Gasteiger partial charge in [-0.1, -0.05) is 18.2 Å². The zero-order chi connectivity index (χ0) is 14.1. The number of hydrogen-bond acceptors (Lipinski definition) is 4. The van der Waals surface area contributed by atoms with Crippen molar-refractivity contribution < 1.29 is 14.6 Å². The second kappa shape index (κ2) is 5.25. The van der Waals surface area contributed by atoms with Crippen LogP contribution in [0.1, 0.15) is 33.5 Å². The lowest BCUT2D eigenvalue weighted by molar-refractivity contribution is -0.138. The van der Waals surface area contributed by atoms with Gasteiger partial charge in [0.2, 0.25) is 0 Å². The molecule has 1 N–H and O–H groups in total. The maximum atomic E-state index is 11.2. The molecule has 104 valence electrons. The van der Waals surface area contributed by atoms with Crippen LogP contribution in [-0.2, 0) is 17.6 Å². The van der Waals surface area contributed by atoms with Crippen LogP contribution in [0.5, 0.6) is 5.75 Å². The van der Waals surface area contributed by atoms with Crippen LogP contribution in [0.4, 0.5) is 0 Å². The van der Waals surface area contributed by atoms with E-state index in [0.29, 0.717) is 12.8 Å². The fourth-order valence-corrected chi connectivity index (χ4v) is 3.77. The van der Waals surface area contributed by atoms with Gasteiger partial charge in [0.25, 0.3) is 0 Å². The molecule has 0 amide bonds. The number of carbonyl (C=O) groups is 1. The number of carboxylic acids is 1. The van der Waals surface area contributed by atoms with Gasteiger partial charge in [0.15, 0.2) is 0 Å². The van der Waals surface area contributed by atoms with Crippen molar-refractivity contribution in [3.05, 3.63) is 45.4 Å². The number of aliphatic carboxylic acids is 1. The zero-order valence-corrected chi connectivity index (χ0v) is 11.9. The Labute approximate surface area is 121 Å². The minimum atomic E-state index is -0.766. The lowest BCUT2D eigenvalue weighted by Crippen LogP contribution is -2.08. The van der Waals surface area contributed by atoms with Crippen LogP contribution in [0.15, 0.2) is 24.3 Å². The van der Waals surface area contributed by atoms with E-state index in [4.69, 9.17) is 4.74 Å². The molecule has 4 nitrogen and oxygen atoms in total. The SMILES string of the molecule is COc1ccccc1Cc1nc2c(s1)CCC2C(=O)O. The van der Waals surface area contributed by atoms with E-state index in [1.165, 1.54) is 0 Å². The number of para-hydroxylation sites is 1. The third-order valence-electron chi connectivity index (χ3n) is 3.59. The molecule has 1 aromatic carbocycles. The lowest BCUT2D eigenvalue weighted by atomic mass is 10.1. The lowest BCUT2D eigenvalue weighted by Gasteiger charge is -2.06. The van der Waals surface area contributed by atoms with Gasteiger partial charge in [-0.05, 0) is 18.9 Å². The van der Waals surface area contributed by atoms with E-state index in [9.17, 15) is 9.90 Å². The highest BCUT2D eigenvalue weighted by Crippen LogP contribution is 2.37. The summed E-state index contributed by atoms with van der Waals surface area (Å²) >= 11 is 1.63. The molecule has 0 bridgehead atoms. The molecule has 0 fully saturated rings. The van der Waals surface area contributed by atoms with Gasteiger partial charge in [0.1, 0.15) is 11.7 Å². The van der Waals surface area contributed by atoms with E-state index in [0.717, 1.165) is 33.3 Å². The number of rotatable bonds is 4. The third kappa shape index (κ3) is 2.29. The first-order valence-corrected chi connectivity index (χ1v) is 7.34. The van der Waals surface area contributed by atoms with E-state index in [-0.39, 0.29) is 0 Å². The molecule has 1 aromatic heterocycles. The van der Waals surface area contributed by atoms with Crippen LogP contribution in [0, 0.1) is 0 Å². The minimum Gasteiger partial charge on any atom is -0.496 e. The summed E-state index contributed by atoms with van der Waals surface area (Å²) in [5.74, 6) is -0.344. The monoisotopic (exact) mass is 289 g/mol. The minimum absolute atomic E-state index is 0.423. The predicted octanol–water partition coefficient (Wildman–Crippen LogP) is 2.86. The highest BCUT2D eigenvalue weighted by atomic mass is 32.1. The Morgan fingerprint density at radius 1 is 1.50 bits per heavy atom. The molecule has 1 aliphatic rings. The van der Waals surface area contributed by atoms with E-state index >= 15 is 0 Å². The normalized spacial score (nSPS) is 16.9. The summed E-state index contributed by atoms with van der Waals surface area (Å²) in [7, 11) is 1.65. The highest BCUT2D eigenvalue weighted by Gasteiger charge is 2.32. The molecule has 1 unspecified atom stereocenters. The average molecular weight is 289 g/mol. The predicted molar refractivity (Wildman–Crippen MR) is 76.6 cm³/mol. The van der Waals surface area contributed by atoms with Crippen LogP contribution in [0.2, 0.25) is 0 Å². The topological polar surface area (TPSA) is 59.4 Å². The molecule has 5 heteroatoms. The number of methoxy groups -OCH3 is 1. The van der Waals surface area contributed by atoms with Crippen molar-refractivity contribution in [2.45, 2.75) is 25.2 Å². The van der Waals surface area contributed by atoms with Gasteiger partial charge in [-0.3, -0.25) is 4.79 Å². The maximum Gasteiger partial charge on any atom is 0.312 e. The van der Waals surface area contributed by atoms with E-state index < -0.39 is 11.9 Å². The summed E-state index contributed by atoms with van der Waals surface area (Å²) in [5, 5.41) is 10.1. The van der Waals surface area contributed by atoms with Gasteiger partial charge >= 0.3 is 5.97 Å². The Balaban J connectivity index is 1.87. The molecule has 0 aliphatic heterocycles. The number of thiazole rings is 1. The maximum absolute atomic E-state index is 11.2. The Bertz CT molecular complexity index is 650. The largest absolute Gasteiger partial charge is 0.496 e. The molecule has 0 radical (unpaired) electrons. The van der Waals surface area contributed by atoms with E-state index in [1.54, 1.807) is 18.4 Å². The van der Waals surface area contributed by atoms with Crippen molar-refractivity contribution >= 4 is 17.3 Å². The Hall–Kier alpha value is -1.88. The fourth-order valence-electron chi connectivity index (χ4n) is 2.61. The molecule has 0 spiro atoms. The van der Waals surface area contributed by atoms with Gasteiger partial charge in [-0.15, -0.1) is 11.3 Å². The number of benzene rings is 1. The number of carboxylic acid groups (broad SMARTS) is 1. The van der Waals surface area contributed by atoms with E-state index in [2.05, 4.69) is 4.98 Å². The summed E-state index contributed by atoms with van der Waals surface area (Å²) in [4.78, 5) is 16.9. The van der Waals surface area contributed by atoms with Gasteiger partial charge in [0.05, 0.1) is 17.8 Å². The van der Waals surface area contributed by atoms with Crippen molar-refractivity contribution in [2.24, 2.45) is 0 Å². The average Bonchev–Trinajstić information content (AvgIpc) is 2.98. The van der Waals surface area contributed by atoms with Crippen LogP contribution < -0.4 is 4.74 Å². The summed E-state index contributed by atoms with van der Waals surface area (Å²) < 4.78 is 5.34. The quantitative estimate of drug-likeness (QED) is 0.940. The molecular weight excluding hydrogens is 274 g/mol. The third-order valence-corrected chi connectivity index (χ3v) is 4.73. The van der Waals surface area contributed by atoms with Crippen molar-refractivity contribution in [1.82, 2.24) is 4.98 Å². The molecule has 1 aliphatic carbocycles. The molecule has 1 atom stereocenters. The summed E-state index contributed by atoms with van der Waals surface area (Å²) in [6.45, 7) is 0.